The van der Waals surface area contributed by atoms with Gasteiger partial charge in [0.2, 0.25) is 0 Å². The number of carboxylic acid groups (broad SMARTS) is 1. The number of esters is 1. The maximum Gasteiger partial charge on any atom is 0.308 e. The third kappa shape index (κ3) is 13.6. The number of hydrogen-bond donors (Lipinski definition) is 1. The Morgan fingerprint density at radius 3 is 1.86 bits per heavy atom. The Balaban J connectivity index is 0. The molecule has 0 aromatic rings. The predicted molar refractivity (Wildman–Crippen MR) is 86.7 cm³/mol. The molecule has 22 heavy (non-hydrogen) atoms. The molecule has 0 amide bonds. The topological polar surface area (TPSA) is 80.7 Å². The molecule has 2 unspecified atom stereocenters. The molecule has 0 aliphatic carbocycles. The van der Waals surface area contributed by atoms with Crippen LogP contribution in [0, 0.1) is 11.8 Å². The summed E-state index contributed by atoms with van der Waals surface area (Å²) < 4.78 is 4.94. The number of carbonyl (C=O) groups is 3. The van der Waals surface area contributed by atoms with Gasteiger partial charge in [-0.05, 0) is 25.7 Å². The summed E-state index contributed by atoms with van der Waals surface area (Å²) in [6.07, 6.45) is 3.76. The molecule has 0 saturated carbocycles. The largest absolute Gasteiger partial charge is 0.481 e. The minimum atomic E-state index is -0.807. The lowest BCUT2D eigenvalue weighted by atomic mass is 10.0. The monoisotopic (exact) mass is 316 g/mol. The summed E-state index contributed by atoms with van der Waals surface area (Å²) in [4.78, 5) is 32.0. The molecular weight excluding hydrogens is 284 g/mol. The minimum absolute atomic E-state index is 0.0607. The number of Topliss-reactive ketones (excluding diaryl/α,β-unsaturated/α-hetero) is 1. The summed E-state index contributed by atoms with van der Waals surface area (Å²) in [6, 6.07) is 0. The van der Waals surface area contributed by atoms with Crippen LogP contribution in [-0.4, -0.2) is 29.4 Å². The highest BCUT2D eigenvalue weighted by Gasteiger charge is 2.11. The summed E-state index contributed by atoms with van der Waals surface area (Å²) >= 11 is 0. The van der Waals surface area contributed by atoms with E-state index in [1.54, 1.807) is 0 Å². The van der Waals surface area contributed by atoms with Crippen molar-refractivity contribution in [2.45, 2.75) is 73.1 Å². The van der Waals surface area contributed by atoms with Crippen molar-refractivity contribution in [2.75, 3.05) is 6.61 Å². The standard InChI is InChI=1S/C10H18O4.C7H14O/c1-3-8(2)10(13)14-7-5-4-6-9(11)12;1-4-6(3)7(8)5-2/h8H,3-7H2,1-2H3,(H,11,12);6H,4-5H2,1-3H3. The van der Waals surface area contributed by atoms with Crippen LogP contribution < -0.4 is 0 Å². The van der Waals surface area contributed by atoms with E-state index in [0.717, 1.165) is 12.8 Å². The lowest BCUT2D eigenvalue weighted by molar-refractivity contribution is -0.148. The zero-order valence-corrected chi connectivity index (χ0v) is 14.7. The summed E-state index contributed by atoms with van der Waals surface area (Å²) in [6.45, 7) is 10.0. The molecule has 2 atom stereocenters. The van der Waals surface area contributed by atoms with Gasteiger partial charge in [-0.1, -0.05) is 34.6 Å². The zero-order chi connectivity index (χ0) is 17.5. The first-order valence-corrected chi connectivity index (χ1v) is 8.21. The molecule has 0 fully saturated rings. The Kier molecular flexibility index (Phi) is 15.1. The van der Waals surface area contributed by atoms with E-state index in [1.165, 1.54) is 0 Å². The fourth-order valence-corrected chi connectivity index (χ4v) is 1.44. The second kappa shape index (κ2) is 14.5. The molecule has 0 bridgehead atoms. The van der Waals surface area contributed by atoms with Gasteiger partial charge in [0.25, 0.3) is 0 Å². The van der Waals surface area contributed by atoms with Crippen molar-refractivity contribution >= 4 is 17.7 Å². The van der Waals surface area contributed by atoms with Crippen LogP contribution in [0.5, 0.6) is 0 Å². The highest BCUT2D eigenvalue weighted by Crippen LogP contribution is 2.04. The number of ether oxygens (including phenoxy) is 1. The summed E-state index contributed by atoms with van der Waals surface area (Å²) in [5.74, 6) is -0.400. The van der Waals surface area contributed by atoms with Crippen molar-refractivity contribution < 1.29 is 24.2 Å². The summed E-state index contributed by atoms with van der Waals surface area (Å²) in [5.41, 5.74) is 0. The maximum atomic E-state index is 11.1. The molecule has 0 aliphatic heterocycles. The molecule has 1 N–H and O–H groups in total. The highest BCUT2D eigenvalue weighted by molar-refractivity contribution is 5.80. The van der Waals surface area contributed by atoms with E-state index < -0.39 is 5.97 Å². The molecule has 5 heteroatoms. The third-order valence-electron chi connectivity index (χ3n) is 3.55. The van der Waals surface area contributed by atoms with Gasteiger partial charge in [-0.25, -0.2) is 0 Å². The number of carboxylic acids is 1. The first kappa shape index (κ1) is 22.9. The van der Waals surface area contributed by atoms with E-state index in [4.69, 9.17) is 9.84 Å². The van der Waals surface area contributed by atoms with Crippen LogP contribution in [0.3, 0.4) is 0 Å². The number of hydrogen-bond acceptors (Lipinski definition) is 4. The predicted octanol–water partition coefficient (Wildman–Crippen LogP) is 3.84. The summed E-state index contributed by atoms with van der Waals surface area (Å²) in [5, 5.41) is 8.34. The van der Waals surface area contributed by atoms with Crippen molar-refractivity contribution in [1.82, 2.24) is 0 Å². The molecule has 0 radical (unpaired) electrons. The quantitative estimate of drug-likeness (QED) is 0.489. The Labute approximate surface area is 134 Å². The van der Waals surface area contributed by atoms with Crippen LogP contribution in [0.15, 0.2) is 0 Å². The van der Waals surface area contributed by atoms with Crippen LogP contribution in [-0.2, 0) is 19.1 Å². The number of rotatable bonds is 10. The summed E-state index contributed by atoms with van der Waals surface area (Å²) in [7, 11) is 0. The molecule has 0 spiro atoms. The molecular formula is C17H32O5. The minimum Gasteiger partial charge on any atom is -0.481 e. The molecule has 5 nitrogen and oxygen atoms in total. The first-order chi connectivity index (χ1) is 10.3. The molecule has 0 saturated heterocycles. The lowest BCUT2D eigenvalue weighted by Crippen LogP contribution is -2.14. The van der Waals surface area contributed by atoms with Gasteiger partial charge < -0.3 is 9.84 Å². The van der Waals surface area contributed by atoms with E-state index >= 15 is 0 Å². The van der Waals surface area contributed by atoms with Gasteiger partial charge in [0.15, 0.2) is 0 Å². The van der Waals surface area contributed by atoms with E-state index in [0.29, 0.717) is 31.7 Å². The zero-order valence-electron chi connectivity index (χ0n) is 14.7. The number of aliphatic carboxylic acids is 1. The second-order valence-electron chi connectivity index (χ2n) is 5.46. The van der Waals surface area contributed by atoms with Crippen LogP contribution in [0.2, 0.25) is 0 Å². The second-order valence-corrected chi connectivity index (χ2v) is 5.46. The highest BCUT2D eigenvalue weighted by atomic mass is 16.5. The van der Waals surface area contributed by atoms with Crippen molar-refractivity contribution in [3.05, 3.63) is 0 Å². The average molecular weight is 316 g/mol. The smallest absolute Gasteiger partial charge is 0.308 e. The first-order valence-electron chi connectivity index (χ1n) is 8.21. The van der Waals surface area contributed by atoms with Crippen molar-refractivity contribution in [3.63, 3.8) is 0 Å². The average Bonchev–Trinajstić information content (AvgIpc) is 2.52. The molecule has 0 aromatic heterocycles. The lowest BCUT2D eigenvalue weighted by Gasteiger charge is -2.08. The van der Waals surface area contributed by atoms with E-state index in [-0.39, 0.29) is 24.2 Å². The Hall–Kier alpha value is -1.39. The molecule has 0 aliphatic rings. The van der Waals surface area contributed by atoms with Crippen LogP contribution in [0.1, 0.15) is 73.1 Å². The Bertz CT molecular complexity index is 325. The maximum absolute atomic E-state index is 11.1. The van der Waals surface area contributed by atoms with Gasteiger partial charge in [-0.15, -0.1) is 0 Å². The molecule has 0 aromatic carbocycles. The number of carbonyl (C=O) groups excluding carboxylic acids is 2. The van der Waals surface area contributed by atoms with Gasteiger partial charge in [0.05, 0.1) is 12.5 Å². The van der Waals surface area contributed by atoms with Crippen molar-refractivity contribution in [2.24, 2.45) is 11.8 Å². The van der Waals surface area contributed by atoms with E-state index in [2.05, 4.69) is 0 Å². The fourth-order valence-electron chi connectivity index (χ4n) is 1.44. The van der Waals surface area contributed by atoms with Crippen molar-refractivity contribution in [1.29, 1.82) is 0 Å². The third-order valence-corrected chi connectivity index (χ3v) is 3.55. The van der Waals surface area contributed by atoms with Gasteiger partial charge in [-0.3, -0.25) is 14.4 Å². The van der Waals surface area contributed by atoms with Crippen LogP contribution in [0.25, 0.3) is 0 Å². The van der Waals surface area contributed by atoms with Gasteiger partial charge in [0, 0.05) is 18.8 Å². The number of ketones is 1. The fraction of sp³-hybridized carbons (Fsp3) is 0.824. The van der Waals surface area contributed by atoms with Gasteiger partial charge in [-0.2, -0.15) is 0 Å². The van der Waals surface area contributed by atoms with Crippen LogP contribution in [0.4, 0.5) is 0 Å². The number of unbranched alkanes of at least 4 members (excludes halogenated alkanes) is 1. The Morgan fingerprint density at radius 1 is 0.955 bits per heavy atom. The van der Waals surface area contributed by atoms with Gasteiger partial charge >= 0.3 is 11.9 Å². The normalized spacial score (nSPS) is 12.6. The van der Waals surface area contributed by atoms with Crippen LogP contribution >= 0.6 is 0 Å². The van der Waals surface area contributed by atoms with E-state index in [9.17, 15) is 14.4 Å². The molecule has 0 rings (SSSR count). The van der Waals surface area contributed by atoms with Gasteiger partial charge in [0.1, 0.15) is 5.78 Å². The van der Waals surface area contributed by atoms with Crippen molar-refractivity contribution in [3.8, 4) is 0 Å². The molecule has 130 valence electrons. The SMILES string of the molecule is CCC(=O)C(C)CC.CCC(C)C(=O)OCCCCC(=O)O. The Morgan fingerprint density at radius 2 is 1.50 bits per heavy atom. The molecule has 0 heterocycles. The van der Waals surface area contributed by atoms with E-state index in [1.807, 2.05) is 34.6 Å².